The van der Waals surface area contributed by atoms with Crippen LogP contribution in [0.2, 0.25) is 0 Å². The number of nitrogens with zero attached hydrogens (tertiary/aromatic N) is 2. The monoisotopic (exact) mass is 280 g/mol. The molecule has 0 amide bonds. The zero-order valence-electron chi connectivity index (χ0n) is 6.78. The predicted octanol–water partition coefficient (Wildman–Crippen LogP) is 1.31. The van der Waals surface area contributed by atoms with Gasteiger partial charge in [0, 0.05) is 6.20 Å². The van der Waals surface area contributed by atoms with Crippen LogP contribution in [0.15, 0.2) is 12.3 Å². The first-order valence-corrected chi connectivity index (χ1v) is 4.47. The van der Waals surface area contributed by atoms with E-state index >= 15 is 0 Å². The highest BCUT2D eigenvalue weighted by molar-refractivity contribution is 14.1. The van der Waals surface area contributed by atoms with Crippen molar-refractivity contribution in [2.24, 2.45) is 0 Å². The second-order valence-corrected chi connectivity index (χ2v) is 4.05. The molecule has 5 heteroatoms. The van der Waals surface area contributed by atoms with E-state index in [1.807, 2.05) is 22.6 Å². The maximum absolute atomic E-state index is 10.8. The van der Waals surface area contributed by atoms with Gasteiger partial charge in [-0.2, -0.15) is 5.10 Å². The Hall–Kier alpha value is -0.590. The molecule has 0 saturated heterocycles. The average Bonchev–Trinajstić information content (AvgIpc) is 2.35. The summed E-state index contributed by atoms with van der Waals surface area (Å²) >= 11 is 2.04. The smallest absolute Gasteiger partial charge is 0.331 e. The molecule has 1 rings (SSSR count). The minimum atomic E-state index is -0.969. The highest BCUT2D eigenvalue weighted by Gasteiger charge is 2.29. The number of carboxylic acid groups (broad SMARTS) is 1. The average molecular weight is 280 g/mol. The van der Waals surface area contributed by atoms with Crippen LogP contribution < -0.4 is 0 Å². The summed E-state index contributed by atoms with van der Waals surface area (Å²) in [6.07, 6.45) is 1.66. The second kappa shape index (κ2) is 3.04. The quantitative estimate of drug-likeness (QED) is 0.831. The third-order valence-electron chi connectivity index (χ3n) is 1.65. The van der Waals surface area contributed by atoms with E-state index in [1.54, 1.807) is 26.1 Å². The Kier molecular flexibility index (Phi) is 2.41. The lowest BCUT2D eigenvalue weighted by Crippen LogP contribution is -2.36. The molecule has 0 radical (unpaired) electrons. The van der Waals surface area contributed by atoms with Crippen LogP contribution in [0, 0.1) is 3.70 Å². The fourth-order valence-corrected chi connectivity index (χ4v) is 1.10. The maximum Gasteiger partial charge on any atom is 0.331 e. The van der Waals surface area contributed by atoms with Crippen molar-refractivity contribution in [2.75, 3.05) is 0 Å². The van der Waals surface area contributed by atoms with E-state index in [0.717, 1.165) is 3.70 Å². The predicted molar refractivity (Wildman–Crippen MR) is 51.9 cm³/mol. The van der Waals surface area contributed by atoms with Gasteiger partial charge in [-0.1, -0.05) is 0 Å². The van der Waals surface area contributed by atoms with Crippen LogP contribution in [0.25, 0.3) is 0 Å². The van der Waals surface area contributed by atoms with Crippen LogP contribution >= 0.6 is 22.6 Å². The van der Waals surface area contributed by atoms with Crippen LogP contribution in [-0.2, 0) is 10.3 Å². The molecule has 0 unspecified atom stereocenters. The number of hydrogen-bond donors (Lipinski definition) is 1. The van der Waals surface area contributed by atoms with Gasteiger partial charge in [-0.3, -0.25) is 4.68 Å². The summed E-state index contributed by atoms with van der Waals surface area (Å²) < 4.78 is 2.24. The van der Waals surface area contributed by atoms with Gasteiger partial charge in [-0.15, -0.1) is 0 Å². The lowest BCUT2D eigenvalue weighted by molar-refractivity contribution is -0.146. The molecule has 0 bridgehead atoms. The molecule has 0 atom stereocenters. The molecule has 0 fully saturated rings. The number of aliphatic carboxylic acids is 1. The van der Waals surface area contributed by atoms with E-state index in [-0.39, 0.29) is 0 Å². The molecular weight excluding hydrogens is 271 g/mol. The van der Waals surface area contributed by atoms with Crippen molar-refractivity contribution in [3.8, 4) is 0 Å². The third-order valence-corrected chi connectivity index (χ3v) is 2.23. The van der Waals surface area contributed by atoms with Crippen molar-refractivity contribution < 1.29 is 9.90 Å². The Labute approximate surface area is 83.7 Å². The van der Waals surface area contributed by atoms with Crippen molar-refractivity contribution >= 4 is 28.6 Å². The highest BCUT2D eigenvalue weighted by Crippen LogP contribution is 2.14. The van der Waals surface area contributed by atoms with E-state index in [2.05, 4.69) is 5.10 Å². The Bertz CT molecular complexity index is 306. The van der Waals surface area contributed by atoms with E-state index < -0.39 is 11.5 Å². The summed E-state index contributed by atoms with van der Waals surface area (Å²) in [6.45, 7) is 3.22. The van der Waals surface area contributed by atoms with Crippen molar-refractivity contribution in [1.29, 1.82) is 0 Å². The summed E-state index contributed by atoms with van der Waals surface area (Å²) in [5, 5.41) is 12.9. The Morgan fingerprint density at radius 3 is 2.67 bits per heavy atom. The van der Waals surface area contributed by atoms with Crippen LogP contribution in [0.4, 0.5) is 0 Å². The van der Waals surface area contributed by atoms with Gasteiger partial charge in [0.25, 0.3) is 0 Å². The number of carbonyl (C=O) groups is 1. The minimum Gasteiger partial charge on any atom is -0.479 e. The molecule has 0 saturated carbocycles. The first-order valence-electron chi connectivity index (χ1n) is 3.39. The van der Waals surface area contributed by atoms with Gasteiger partial charge in [0.1, 0.15) is 3.70 Å². The lowest BCUT2D eigenvalue weighted by Gasteiger charge is -2.19. The molecule has 66 valence electrons. The number of aromatic nitrogens is 2. The Morgan fingerprint density at radius 2 is 2.33 bits per heavy atom. The molecule has 0 aliphatic carbocycles. The lowest BCUT2D eigenvalue weighted by atomic mass is 10.1. The van der Waals surface area contributed by atoms with E-state index in [4.69, 9.17) is 5.11 Å². The SMILES string of the molecule is CC(C)(C(=O)O)n1ccc(I)n1. The molecule has 1 heterocycles. The fraction of sp³-hybridized carbons (Fsp3) is 0.429. The maximum atomic E-state index is 10.8. The van der Waals surface area contributed by atoms with Crippen molar-refractivity contribution in [3.05, 3.63) is 16.0 Å². The largest absolute Gasteiger partial charge is 0.479 e. The zero-order valence-corrected chi connectivity index (χ0v) is 8.94. The van der Waals surface area contributed by atoms with Crippen molar-refractivity contribution in [3.63, 3.8) is 0 Å². The summed E-state index contributed by atoms with van der Waals surface area (Å²) in [5.41, 5.74) is -0.969. The molecule has 4 nitrogen and oxygen atoms in total. The Morgan fingerprint density at radius 1 is 1.75 bits per heavy atom. The topological polar surface area (TPSA) is 55.1 Å². The van der Waals surface area contributed by atoms with Crippen molar-refractivity contribution in [1.82, 2.24) is 9.78 Å². The third kappa shape index (κ3) is 1.60. The summed E-state index contributed by atoms with van der Waals surface area (Å²) in [4.78, 5) is 10.8. The van der Waals surface area contributed by atoms with Gasteiger partial charge in [0.2, 0.25) is 0 Å². The number of hydrogen-bond acceptors (Lipinski definition) is 2. The van der Waals surface area contributed by atoms with Crippen LogP contribution in [0.5, 0.6) is 0 Å². The highest BCUT2D eigenvalue weighted by atomic mass is 127. The molecule has 0 aromatic carbocycles. The Balaban J connectivity index is 3.05. The van der Waals surface area contributed by atoms with Gasteiger partial charge in [0.15, 0.2) is 5.54 Å². The summed E-state index contributed by atoms with van der Waals surface area (Å²) in [7, 11) is 0. The minimum absolute atomic E-state index is 0.793. The molecular formula is C7H9IN2O2. The van der Waals surface area contributed by atoms with E-state index in [1.165, 1.54) is 4.68 Å². The number of rotatable bonds is 2. The molecule has 0 aliphatic rings. The molecule has 1 aromatic rings. The van der Waals surface area contributed by atoms with Gasteiger partial charge in [-0.05, 0) is 42.5 Å². The van der Waals surface area contributed by atoms with E-state index in [0.29, 0.717) is 0 Å². The number of carboxylic acids is 1. The van der Waals surface area contributed by atoms with E-state index in [9.17, 15) is 4.79 Å². The molecule has 1 N–H and O–H groups in total. The standard InChI is InChI=1S/C7H9IN2O2/c1-7(2,6(11)12)10-4-3-5(8)9-10/h3-4H,1-2H3,(H,11,12). The van der Waals surface area contributed by atoms with Gasteiger partial charge < -0.3 is 5.11 Å². The molecule has 0 spiro atoms. The summed E-state index contributed by atoms with van der Waals surface area (Å²) in [5.74, 6) is -0.887. The normalized spacial score (nSPS) is 11.6. The van der Waals surface area contributed by atoms with Gasteiger partial charge in [-0.25, -0.2) is 4.79 Å². The molecule has 0 aliphatic heterocycles. The first-order chi connectivity index (χ1) is 5.44. The van der Waals surface area contributed by atoms with Crippen LogP contribution in [0.3, 0.4) is 0 Å². The van der Waals surface area contributed by atoms with Crippen LogP contribution in [-0.4, -0.2) is 20.9 Å². The van der Waals surface area contributed by atoms with Crippen molar-refractivity contribution in [2.45, 2.75) is 19.4 Å². The number of halogens is 1. The zero-order chi connectivity index (χ0) is 9.35. The summed E-state index contributed by atoms with van der Waals surface area (Å²) in [6, 6.07) is 1.77. The van der Waals surface area contributed by atoms with Gasteiger partial charge >= 0.3 is 5.97 Å². The first kappa shape index (κ1) is 9.50. The molecule has 12 heavy (non-hydrogen) atoms. The fourth-order valence-electron chi connectivity index (χ4n) is 0.711. The second-order valence-electron chi connectivity index (χ2n) is 2.95. The van der Waals surface area contributed by atoms with Gasteiger partial charge in [0.05, 0.1) is 0 Å². The van der Waals surface area contributed by atoms with Crippen LogP contribution in [0.1, 0.15) is 13.8 Å². The molecule has 1 aromatic heterocycles.